The Morgan fingerprint density at radius 2 is 1.79 bits per heavy atom. The average Bonchev–Trinajstić information content (AvgIpc) is 2.81. The first-order chi connectivity index (χ1) is 8.88. The van der Waals surface area contributed by atoms with Crippen molar-refractivity contribution in [1.29, 1.82) is 0 Å². The standard InChI is InChI=1S/C12H13Cl3O3S/c13-9-6-12(19(15,16)17)10(14)5-11(9)18-7-8-3-1-2-4-8/h5-6,8H,1-4,7H2. The van der Waals surface area contributed by atoms with E-state index >= 15 is 0 Å². The summed E-state index contributed by atoms with van der Waals surface area (Å²) in [7, 11) is 1.35. The van der Waals surface area contributed by atoms with E-state index in [0.29, 0.717) is 18.3 Å². The van der Waals surface area contributed by atoms with Gasteiger partial charge in [0.2, 0.25) is 0 Å². The van der Waals surface area contributed by atoms with Crippen LogP contribution in [0.5, 0.6) is 5.75 Å². The van der Waals surface area contributed by atoms with Gasteiger partial charge in [0, 0.05) is 16.7 Å². The van der Waals surface area contributed by atoms with Gasteiger partial charge in [-0.1, -0.05) is 36.0 Å². The van der Waals surface area contributed by atoms with Crippen molar-refractivity contribution in [2.75, 3.05) is 6.61 Å². The van der Waals surface area contributed by atoms with E-state index in [4.69, 9.17) is 38.6 Å². The zero-order valence-corrected chi connectivity index (χ0v) is 13.1. The zero-order chi connectivity index (χ0) is 14.0. The second-order valence-electron chi connectivity index (χ2n) is 4.61. The molecule has 106 valence electrons. The van der Waals surface area contributed by atoms with E-state index < -0.39 is 9.05 Å². The highest BCUT2D eigenvalue weighted by Gasteiger charge is 2.20. The largest absolute Gasteiger partial charge is 0.492 e. The molecular weight excluding hydrogens is 331 g/mol. The van der Waals surface area contributed by atoms with Crippen LogP contribution in [0.3, 0.4) is 0 Å². The van der Waals surface area contributed by atoms with Gasteiger partial charge in [0.25, 0.3) is 9.05 Å². The Morgan fingerprint density at radius 3 is 2.37 bits per heavy atom. The van der Waals surface area contributed by atoms with Gasteiger partial charge in [0.05, 0.1) is 16.7 Å². The van der Waals surface area contributed by atoms with Crippen molar-refractivity contribution in [2.45, 2.75) is 30.6 Å². The van der Waals surface area contributed by atoms with Crippen molar-refractivity contribution in [1.82, 2.24) is 0 Å². The van der Waals surface area contributed by atoms with E-state index in [-0.39, 0.29) is 14.9 Å². The van der Waals surface area contributed by atoms with Crippen molar-refractivity contribution >= 4 is 42.9 Å². The number of benzene rings is 1. The normalized spacial score (nSPS) is 16.8. The van der Waals surface area contributed by atoms with Crippen molar-refractivity contribution in [2.24, 2.45) is 5.92 Å². The summed E-state index contributed by atoms with van der Waals surface area (Å²) in [6, 6.07) is 2.62. The molecule has 0 aliphatic heterocycles. The molecule has 1 aromatic carbocycles. The van der Waals surface area contributed by atoms with Gasteiger partial charge in [-0.3, -0.25) is 0 Å². The maximum atomic E-state index is 11.3. The summed E-state index contributed by atoms with van der Waals surface area (Å²) in [4.78, 5) is -0.200. The topological polar surface area (TPSA) is 43.4 Å². The van der Waals surface area contributed by atoms with Crippen LogP contribution in [0, 0.1) is 5.92 Å². The highest BCUT2D eigenvalue weighted by Crippen LogP contribution is 2.36. The molecule has 0 N–H and O–H groups in total. The lowest BCUT2D eigenvalue weighted by Gasteiger charge is -2.13. The molecule has 1 aromatic rings. The average molecular weight is 344 g/mol. The van der Waals surface area contributed by atoms with E-state index in [1.54, 1.807) is 0 Å². The van der Waals surface area contributed by atoms with E-state index in [1.807, 2.05) is 0 Å². The third-order valence-corrected chi connectivity index (χ3v) is 5.28. The summed E-state index contributed by atoms with van der Waals surface area (Å²) in [5.74, 6) is 0.925. The fourth-order valence-corrected chi connectivity index (χ4v) is 3.99. The first-order valence-corrected chi connectivity index (χ1v) is 9.01. The quantitative estimate of drug-likeness (QED) is 0.756. The Kier molecular flexibility index (Phi) is 4.88. The molecule has 3 nitrogen and oxygen atoms in total. The minimum Gasteiger partial charge on any atom is -0.492 e. The molecule has 1 fully saturated rings. The van der Waals surface area contributed by atoms with Gasteiger partial charge in [-0.15, -0.1) is 0 Å². The van der Waals surface area contributed by atoms with Crippen LogP contribution in [0.2, 0.25) is 10.0 Å². The second-order valence-corrected chi connectivity index (χ2v) is 7.96. The summed E-state index contributed by atoms with van der Waals surface area (Å²) in [5, 5.41) is 0.211. The van der Waals surface area contributed by atoms with Crippen molar-refractivity contribution < 1.29 is 13.2 Å². The Bertz CT molecular complexity index is 566. The van der Waals surface area contributed by atoms with Crippen LogP contribution in [-0.4, -0.2) is 15.0 Å². The summed E-state index contributed by atoms with van der Waals surface area (Å²) in [6.45, 7) is 0.572. The third-order valence-electron chi connectivity index (χ3n) is 3.20. The minimum absolute atomic E-state index is 0.0146. The molecule has 1 saturated carbocycles. The van der Waals surface area contributed by atoms with Crippen LogP contribution in [0.4, 0.5) is 0 Å². The Labute approximate surface area is 127 Å². The van der Waals surface area contributed by atoms with Crippen LogP contribution in [0.15, 0.2) is 17.0 Å². The molecule has 1 aliphatic carbocycles. The van der Waals surface area contributed by atoms with Crippen molar-refractivity contribution in [3.05, 3.63) is 22.2 Å². The number of halogens is 3. The lowest BCUT2D eigenvalue weighted by atomic mass is 10.1. The third kappa shape index (κ3) is 3.91. The van der Waals surface area contributed by atoms with Crippen LogP contribution < -0.4 is 4.74 Å². The lowest BCUT2D eigenvalue weighted by molar-refractivity contribution is 0.252. The molecule has 0 bridgehead atoms. The van der Waals surface area contributed by atoms with Gasteiger partial charge in [-0.2, -0.15) is 0 Å². The molecular formula is C12H13Cl3O3S. The van der Waals surface area contributed by atoms with Gasteiger partial charge in [0.15, 0.2) is 0 Å². The van der Waals surface area contributed by atoms with Crippen molar-refractivity contribution in [3.63, 3.8) is 0 Å². The molecule has 0 heterocycles. The molecule has 1 aliphatic rings. The van der Waals surface area contributed by atoms with E-state index in [0.717, 1.165) is 12.8 Å². The van der Waals surface area contributed by atoms with Gasteiger partial charge in [-0.25, -0.2) is 8.42 Å². The van der Waals surface area contributed by atoms with Gasteiger partial charge < -0.3 is 4.74 Å². The number of hydrogen-bond acceptors (Lipinski definition) is 3. The minimum atomic E-state index is -3.90. The highest BCUT2D eigenvalue weighted by molar-refractivity contribution is 8.13. The van der Waals surface area contributed by atoms with Gasteiger partial charge in [0.1, 0.15) is 10.6 Å². The fourth-order valence-electron chi connectivity index (χ4n) is 2.19. The van der Waals surface area contributed by atoms with Crippen molar-refractivity contribution in [3.8, 4) is 5.75 Å². The molecule has 0 amide bonds. The highest BCUT2D eigenvalue weighted by atomic mass is 35.7. The first kappa shape index (κ1) is 15.2. The maximum Gasteiger partial charge on any atom is 0.262 e. The van der Waals surface area contributed by atoms with E-state index in [9.17, 15) is 8.42 Å². The Balaban J connectivity index is 2.16. The van der Waals surface area contributed by atoms with Gasteiger partial charge in [-0.05, 0) is 24.8 Å². The summed E-state index contributed by atoms with van der Waals surface area (Å²) >= 11 is 11.9. The van der Waals surface area contributed by atoms with E-state index in [2.05, 4.69) is 0 Å². The monoisotopic (exact) mass is 342 g/mol. The number of ether oxygens (including phenoxy) is 1. The molecule has 0 unspecified atom stereocenters. The maximum absolute atomic E-state index is 11.3. The molecule has 0 atom stereocenters. The number of hydrogen-bond donors (Lipinski definition) is 0. The van der Waals surface area contributed by atoms with Crippen LogP contribution in [0.1, 0.15) is 25.7 Å². The predicted octanol–water partition coefficient (Wildman–Crippen LogP) is 4.49. The summed E-state index contributed by atoms with van der Waals surface area (Å²) < 4.78 is 28.1. The summed E-state index contributed by atoms with van der Waals surface area (Å²) in [5.41, 5.74) is 0. The lowest BCUT2D eigenvalue weighted by Crippen LogP contribution is -2.08. The van der Waals surface area contributed by atoms with Crippen LogP contribution in [-0.2, 0) is 9.05 Å². The van der Waals surface area contributed by atoms with Gasteiger partial charge >= 0.3 is 0 Å². The smallest absolute Gasteiger partial charge is 0.262 e. The molecule has 0 radical (unpaired) electrons. The predicted molar refractivity (Wildman–Crippen MR) is 77.0 cm³/mol. The fraction of sp³-hybridized carbons (Fsp3) is 0.500. The second kappa shape index (κ2) is 6.08. The molecule has 7 heteroatoms. The Morgan fingerprint density at radius 1 is 1.16 bits per heavy atom. The molecule has 2 rings (SSSR count). The van der Waals surface area contributed by atoms with E-state index in [1.165, 1.54) is 25.0 Å². The SMILES string of the molecule is O=S(=O)(Cl)c1cc(Cl)c(OCC2CCCC2)cc1Cl. The number of rotatable bonds is 4. The summed E-state index contributed by atoms with van der Waals surface area (Å²) in [6.07, 6.45) is 4.76. The molecule has 0 aromatic heterocycles. The van der Waals surface area contributed by atoms with Crippen LogP contribution in [0.25, 0.3) is 0 Å². The zero-order valence-electron chi connectivity index (χ0n) is 10.0. The first-order valence-electron chi connectivity index (χ1n) is 5.94. The molecule has 19 heavy (non-hydrogen) atoms. The molecule has 0 spiro atoms. The Hall–Kier alpha value is -0.160. The molecule has 0 saturated heterocycles. The van der Waals surface area contributed by atoms with Crippen LogP contribution >= 0.6 is 33.9 Å².